The van der Waals surface area contributed by atoms with Crippen molar-refractivity contribution < 1.29 is 9.53 Å². The van der Waals surface area contributed by atoms with Crippen LogP contribution in [0.25, 0.3) is 0 Å². The van der Waals surface area contributed by atoms with Crippen LogP contribution in [0.15, 0.2) is 0 Å². The number of amides is 1. The normalized spacial score (nSPS) is 8.25. The first-order valence-electron chi connectivity index (χ1n) is 2.51. The Kier molecular flexibility index (Phi) is 4.03. The van der Waals surface area contributed by atoms with Crippen molar-refractivity contribution in [1.29, 1.82) is 0 Å². The lowest BCUT2D eigenvalue weighted by Gasteiger charge is -1.98. The van der Waals surface area contributed by atoms with E-state index in [2.05, 4.69) is 17.1 Å². The summed E-state index contributed by atoms with van der Waals surface area (Å²) in [4.78, 5) is 10.2. The van der Waals surface area contributed by atoms with E-state index in [4.69, 9.17) is 0 Å². The minimum absolute atomic E-state index is 0.460. The van der Waals surface area contributed by atoms with Gasteiger partial charge in [0.15, 0.2) is 0 Å². The number of carbonyl (C=O) groups excluding carboxylic acids is 1. The molecule has 8 heavy (non-hydrogen) atoms. The molecule has 0 aromatic carbocycles. The molecule has 0 aliphatic rings. The van der Waals surface area contributed by atoms with Crippen LogP contribution in [-0.2, 0) is 4.74 Å². The van der Waals surface area contributed by atoms with Gasteiger partial charge in [0.05, 0.1) is 6.61 Å². The molecule has 0 bridgehead atoms. The van der Waals surface area contributed by atoms with Crippen LogP contribution in [0.3, 0.4) is 0 Å². The molecule has 0 heterocycles. The average Bonchev–Trinajstić information content (AvgIpc) is 1.83. The fraction of sp³-hybridized carbons (Fsp3) is 0.600. The summed E-state index contributed by atoms with van der Waals surface area (Å²) >= 11 is 0. The summed E-state index contributed by atoms with van der Waals surface area (Å²) in [5.41, 5.74) is 0. The maximum atomic E-state index is 10.2. The fourth-order valence-electron chi connectivity index (χ4n) is 0.246. The van der Waals surface area contributed by atoms with Gasteiger partial charge in [0.1, 0.15) is 0 Å². The van der Waals surface area contributed by atoms with Crippen molar-refractivity contribution in [3.05, 3.63) is 7.05 Å². The number of alkyl carbamates (subject to hydrolysis) is 1. The van der Waals surface area contributed by atoms with E-state index in [1.54, 1.807) is 0 Å². The van der Waals surface area contributed by atoms with E-state index < -0.39 is 6.09 Å². The molecule has 1 N–H and O–H groups in total. The fourth-order valence-corrected chi connectivity index (χ4v) is 0.246. The highest BCUT2D eigenvalue weighted by atomic mass is 16.5. The van der Waals surface area contributed by atoms with E-state index in [0.717, 1.165) is 6.42 Å². The van der Waals surface area contributed by atoms with Crippen molar-refractivity contribution in [2.24, 2.45) is 0 Å². The van der Waals surface area contributed by atoms with Gasteiger partial charge in [-0.2, -0.15) is 0 Å². The van der Waals surface area contributed by atoms with Gasteiger partial charge in [0.25, 0.3) is 0 Å². The van der Waals surface area contributed by atoms with Gasteiger partial charge in [-0.25, -0.2) is 4.79 Å². The molecule has 0 aliphatic heterocycles. The predicted molar refractivity (Wildman–Crippen MR) is 30.1 cm³/mol. The summed E-state index contributed by atoms with van der Waals surface area (Å²) in [5.74, 6) is 0. The van der Waals surface area contributed by atoms with E-state index >= 15 is 0 Å². The highest BCUT2D eigenvalue weighted by Crippen LogP contribution is 1.79. The van der Waals surface area contributed by atoms with Crippen molar-refractivity contribution >= 4 is 6.09 Å². The van der Waals surface area contributed by atoms with Crippen molar-refractivity contribution in [1.82, 2.24) is 5.32 Å². The van der Waals surface area contributed by atoms with E-state index in [9.17, 15) is 4.79 Å². The molecule has 0 atom stereocenters. The topological polar surface area (TPSA) is 38.3 Å². The molecule has 3 heteroatoms. The van der Waals surface area contributed by atoms with E-state index in [-0.39, 0.29) is 0 Å². The molecule has 0 unspecified atom stereocenters. The lowest BCUT2D eigenvalue weighted by molar-refractivity contribution is 0.150. The number of nitrogens with one attached hydrogen (secondary N) is 1. The minimum Gasteiger partial charge on any atom is -0.450 e. The lowest BCUT2D eigenvalue weighted by atomic mass is 10.5. The zero-order chi connectivity index (χ0) is 6.41. The van der Waals surface area contributed by atoms with E-state index in [1.807, 2.05) is 6.92 Å². The van der Waals surface area contributed by atoms with Crippen LogP contribution in [-0.4, -0.2) is 12.7 Å². The van der Waals surface area contributed by atoms with Gasteiger partial charge in [-0.3, -0.25) is 0 Å². The number of ether oxygens (including phenoxy) is 1. The Morgan fingerprint density at radius 2 is 2.50 bits per heavy atom. The van der Waals surface area contributed by atoms with Crippen molar-refractivity contribution in [3.63, 3.8) is 0 Å². The maximum Gasteiger partial charge on any atom is 0.407 e. The van der Waals surface area contributed by atoms with Crippen molar-refractivity contribution in [2.45, 2.75) is 13.3 Å². The summed E-state index contributed by atoms with van der Waals surface area (Å²) in [6.07, 6.45) is 0.375. The third-order valence-corrected chi connectivity index (χ3v) is 0.582. The summed E-state index contributed by atoms with van der Waals surface area (Å²) < 4.78 is 4.53. The molecular weight excluding hydrogens is 106 g/mol. The number of rotatable bonds is 2. The Hall–Kier alpha value is -0.730. The molecular formula is C5H10NO2. The second kappa shape index (κ2) is 4.43. The Morgan fingerprint density at radius 3 is 2.88 bits per heavy atom. The molecule has 0 aromatic heterocycles. The molecule has 0 aromatic rings. The minimum atomic E-state index is -0.466. The molecule has 3 nitrogen and oxygen atoms in total. The largest absolute Gasteiger partial charge is 0.450 e. The molecule has 0 rings (SSSR count). The van der Waals surface area contributed by atoms with E-state index in [0.29, 0.717) is 6.61 Å². The molecule has 47 valence electrons. The van der Waals surface area contributed by atoms with Gasteiger partial charge in [-0.1, -0.05) is 6.92 Å². The lowest BCUT2D eigenvalue weighted by Crippen LogP contribution is -2.17. The molecule has 0 saturated heterocycles. The summed E-state index contributed by atoms with van der Waals surface area (Å²) in [6, 6.07) is 0. The first-order chi connectivity index (χ1) is 3.81. The summed E-state index contributed by atoms with van der Waals surface area (Å²) in [6.45, 7) is 2.39. The summed E-state index contributed by atoms with van der Waals surface area (Å²) in [7, 11) is 3.11. The first-order valence-corrected chi connectivity index (χ1v) is 2.51. The van der Waals surface area contributed by atoms with Crippen molar-refractivity contribution in [3.8, 4) is 0 Å². The third kappa shape index (κ3) is 3.46. The van der Waals surface area contributed by atoms with Crippen LogP contribution in [0.2, 0.25) is 0 Å². The van der Waals surface area contributed by atoms with Crippen LogP contribution in [0.4, 0.5) is 4.79 Å². The van der Waals surface area contributed by atoms with Crippen LogP contribution >= 0.6 is 0 Å². The van der Waals surface area contributed by atoms with E-state index in [1.165, 1.54) is 0 Å². The number of hydrogen-bond donors (Lipinski definition) is 1. The third-order valence-electron chi connectivity index (χ3n) is 0.582. The van der Waals surface area contributed by atoms with Crippen LogP contribution in [0.1, 0.15) is 13.3 Å². The SMILES string of the molecule is [CH2]NC(=O)OCCC. The molecule has 0 spiro atoms. The van der Waals surface area contributed by atoms with Crippen molar-refractivity contribution in [2.75, 3.05) is 6.61 Å². The van der Waals surface area contributed by atoms with Gasteiger partial charge in [0.2, 0.25) is 0 Å². The quantitative estimate of drug-likeness (QED) is 0.582. The Balaban J connectivity index is 2.99. The zero-order valence-corrected chi connectivity index (χ0v) is 4.94. The zero-order valence-electron chi connectivity index (χ0n) is 4.94. The average molecular weight is 116 g/mol. The second-order valence-electron chi connectivity index (χ2n) is 1.31. The maximum absolute atomic E-state index is 10.2. The van der Waals surface area contributed by atoms with Crippen LogP contribution in [0, 0.1) is 7.05 Å². The first kappa shape index (κ1) is 7.27. The molecule has 0 saturated carbocycles. The van der Waals surface area contributed by atoms with Gasteiger partial charge < -0.3 is 10.1 Å². The van der Waals surface area contributed by atoms with Gasteiger partial charge in [-0.15, -0.1) is 0 Å². The second-order valence-corrected chi connectivity index (χ2v) is 1.31. The number of hydrogen-bond acceptors (Lipinski definition) is 2. The van der Waals surface area contributed by atoms with Gasteiger partial charge in [0, 0.05) is 7.05 Å². The molecule has 1 amide bonds. The van der Waals surface area contributed by atoms with Crippen LogP contribution < -0.4 is 5.32 Å². The van der Waals surface area contributed by atoms with Gasteiger partial charge in [-0.05, 0) is 6.42 Å². The highest BCUT2D eigenvalue weighted by molar-refractivity contribution is 5.67. The summed E-state index contributed by atoms with van der Waals surface area (Å²) in [5, 5.41) is 2.09. The highest BCUT2D eigenvalue weighted by Gasteiger charge is 1.92. The predicted octanol–water partition coefficient (Wildman–Crippen LogP) is 0.914. The molecule has 1 radical (unpaired) electrons. The Labute approximate surface area is 49.0 Å². The monoisotopic (exact) mass is 116 g/mol. The molecule has 0 fully saturated rings. The standard InChI is InChI=1S/C5H10NO2/c1-3-4-8-5(7)6-2/h2-4H2,1H3,(H,6,7). The smallest absolute Gasteiger partial charge is 0.407 e. The Bertz CT molecular complexity index is 72.8. The van der Waals surface area contributed by atoms with Crippen LogP contribution in [0.5, 0.6) is 0 Å². The number of carbonyl (C=O) groups is 1. The van der Waals surface area contributed by atoms with Gasteiger partial charge >= 0.3 is 6.09 Å². The Morgan fingerprint density at radius 1 is 1.88 bits per heavy atom. The molecule has 0 aliphatic carbocycles.